The van der Waals surface area contributed by atoms with Crippen LogP contribution in [-0.2, 0) is 0 Å². The molecule has 1 N–H and O–H groups in total. The molecule has 7 nitrogen and oxygen atoms in total. The highest BCUT2D eigenvalue weighted by molar-refractivity contribution is 6.31. The SMILES string of the molecule is COc1ncc(Cl)c(Oc2cc(C(=O)O)ccc2OC)n1. The first-order valence-electron chi connectivity index (χ1n) is 5.71. The van der Waals surface area contributed by atoms with Gasteiger partial charge in [0.1, 0.15) is 5.02 Å². The van der Waals surface area contributed by atoms with E-state index in [9.17, 15) is 4.79 Å². The fourth-order valence-electron chi connectivity index (χ4n) is 1.50. The Hall–Kier alpha value is -2.54. The zero-order chi connectivity index (χ0) is 15.4. The lowest BCUT2D eigenvalue weighted by Gasteiger charge is -2.11. The van der Waals surface area contributed by atoms with E-state index < -0.39 is 5.97 Å². The molecule has 2 rings (SSSR count). The molecule has 21 heavy (non-hydrogen) atoms. The van der Waals surface area contributed by atoms with Crippen LogP contribution in [0.5, 0.6) is 23.4 Å². The van der Waals surface area contributed by atoms with Crippen molar-refractivity contribution in [3.8, 4) is 23.4 Å². The Kier molecular flexibility index (Phi) is 4.44. The summed E-state index contributed by atoms with van der Waals surface area (Å²) in [6, 6.07) is 4.26. The van der Waals surface area contributed by atoms with Crippen LogP contribution in [0.15, 0.2) is 24.4 Å². The summed E-state index contributed by atoms with van der Waals surface area (Å²) in [6.07, 6.45) is 1.32. The lowest BCUT2D eigenvalue weighted by atomic mass is 10.2. The van der Waals surface area contributed by atoms with E-state index in [4.69, 9.17) is 30.9 Å². The maximum absolute atomic E-state index is 11.0. The number of nitrogens with zero attached hydrogens (tertiary/aromatic N) is 2. The summed E-state index contributed by atoms with van der Waals surface area (Å²) in [5.41, 5.74) is 0.0444. The van der Waals surface area contributed by atoms with E-state index in [-0.39, 0.29) is 28.2 Å². The van der Waals surface area contributed by atoms with Crippen LogP contribution in [0.3, 0.4) is 0 Å². The molecule has 1 heterocycles. The molecule has 0 saturated heterocycles. The number of ether oxygens (including phenoxy) is 3. The minimum absolute atomic E-state index is 0.0318. The highest BCUT2D eigenvalue weighted by Gasteiger charge is 2.14. The fourth-order valence-corrected chi connectivity index (χ4v) is 1.63. The Morgan fingerprint density at radius 2 is 2.00 bits per heavy atom. The van der Waals surface area contributed by atoms with Gasteiger partial charge in [0.15, 0.2) is 11.5 Å². The number of carboxylic acid groups (broad SMARTS) is 1. The summed E-state index contributed by atoms with van der Waals surface area (Å²) in [5, 5.41) is 9.16. The van der Waals surface area contributed by atoms with Crippen LogP contribution in [0.2, 0.25) is 5.02 Å². The molecule has 110 valence electrons. The van der Waals surface area contributed by atoms with Crippen LogP contribution in [0, 0.1) is 0 Å². The van der Waals surface area contributed by atoms with E-state index in [1.807, 2.05) is 0 Å². The smallest absolute Gasteiger partial charge is 0.335 e. The van der Waals surface area contributed by atoms with Gasteiger partial charge in [0.2, 0.25) is 5.88 Å². The van der Waals surface area contributed by atoms with E-state index in [0.29, 0.717) is 5.75 Å². The van der Waals surface area contributed by atoms with Crippen molar-refractivity contribution in [3.05, 3.63) is 35.0 Å². The van der Waals surface area contributed by atoms with E-state index >= 15 is 0 Å². The van der Waals surface area contributed by atoms with Gasteiger partial charge in [-0.2, -0.15) is 4.98 Å². The Balaban J connectivity index is 2.42. The van der Waals surface area contributed by atoms with Crippen molar-refractivity contribution >= 4 is 17.6 Å². The lowest BCUT2D eigenvalue weighted by molar-refractivity contribution is 0.0696. The van der Waals surface area contributed by atoms with Crippen molar-refractivity contribution in [3.63, 3.8) is 0 Å². The Bertz CT molecular complexity index is 678. The monoisotopic (exact) mass is 310 g/mol. The lowest BCUT2D eigenvalue weighted by Crippen LogP contribution is -2.00. The van der Waals surface area contributed by atoms with Gasteiger partial charge in [-0.1, -0.05) is 11.6 Å². The van der Waals surface area contributed by atoms with Crippen molar-refractivity contribution in [1.82, 2.24) is 9.97 Å². The number of halogens is 1. The van der Waals surface area contributed by atoms with E-state index in [2.05, 4.69) is 9.97 Å². The van der Waals surface area contributed by atoms with E-state index in [1.54, 1.807) is 0 Å². The van der Waals surface area contributed by atoms with Crippen LogP contribution in [0.4, 0.5) is 0 Å². The highest BCUT2D eigenvalue weighted by atomic mass is 35.5. The molecule has 0 fully saturated rings. The van der Waals surface area contributed by atoms with Crippen molar-refractivity contribution in [2.75, 3.05) is 14.2 Å². The molecule has 0 atom stereocenters. The molecule has 0 saturated carbocycles. The van der Waals surface area contributed by atoms with Gasteiger partial charge in [0, 0.05) is 0 Å². The number of carbonyl (C=O) groups is 1. The van der Waals surface area contributed by atoms with E-state index in [1.165, 1.54) is 38.6 Å². The van der Waals surface area contributed by atoms with Gasteiger partial charge >= 0.3 is 12.0 Å². The van der Waals surface area contributed by atoms with Crippen LogP contribution < -0.4 is 14.2 Å². The number of carboxylic acids is 1. The molecule has 8 heteroatoms. The molecule has 0 amide bonds. The number of benzene rings is 1. The predicted molar refractivity (Wildman–Crippen MR) is 73.6 cm³/mol. The maximum Gasteiger partial charge on any atom is 0.335 e. The molecule has 0 radical (unpaired) electrons. The largest absolute Gasteiger partial charge is 0.493 e. The van der Waals surface area contributed by atoms with Crippen LogP contribution >= 0.6 is 11.6 Å². The average molecular weight is 311 g/mol. The summed E-state index contributed by atoms with van der Waals surface area (Å²) in [5.74, 6) is -0.549. The second kappa shape index (κ2) is 6.27. The Morgan fingerprint density at radius 1 is 1.24 bits per heavy atom. The van der Waals surface area contributed by atoms with Gasteiger partial charge < -0.3 is 19.3 Å². The maximum atomic E-state index is 11.0. The van der Waals surface area contributed by atoms with Crippen molar-refractivity contribution in [2.45, 2.75) is 0 Å². The standard InChI is InChI=1S/C13H11ClN2O5/c1-19-9-4-3-7(12(17)18)5-10(9)21-11-8(14)6-15-13(16-11)20-2/h3-6H,1-2H3,(H,17,18). The first-order chi connectivity index (χ1) is 10.0. The molecule has 1 aromatic carbocycles. The first kappa shape index (κ1) is 14.9. The molecule has 0 spiro atoms. The number of hydrogen-bond acceptors (Lipinski definition) is 6. The minimum Gasteiger partial charge on any atom is -0.493 e. The molecular formula is C13H11ClN2O5. The Labute approximate surface area is 125 Å². The number of rotatable bonds is 5. The minimum atomic E-state index is -1.09. The Morgan fingerprint density at radius 3 is 2.62 bits per heavy atom. The molecule has 1 aromatic heterocycles. The van der Waals surface area contributed by atoms with Gasteiger partial charge in [-0.15, -0.1) is 0 Å². The topological polar surface area (TPSA) is 90.8 Å². The second-order valence-electron chi connectivity index (χ2n) is 3.78. The quantitative estimate of drug-likeness (QED) is 0.907. The zero-order valence-electron chi connectivity index (χ0n) is 11.2. The van der Waals surface area contributed by atoms with Crippen LogP contribution in [-0.4, -0.2) is 35.3 Å². The van der Waals surface area contributed by atoms with E-state index in [0.717, 1.165) is 0 Å². The van der Waals surface area contributed by atoms with Gasteiger partial charge in [0.25, 0.3) is 0 Å². The molecule has 0 unspecified atom stereocenters. The third-order valence-corrected chi connectivity index (χ3v) is 2.75. The van der Waals surface area contributed by atoms with Crippen LogP contribution in [0.25, 0.3) is 0 Å². The zero-order valence-corrected chi connectivity index (χ0v) is 11.9. The van der Waals surface area contributed by atoms with Gasteiger partial charge in [0.05, 0.1) is 26.0 Å². The molecular weight excluding hydrogens is 300 g/mol. The van der Waals surface area contributed by atoms with Crippen molar-refractivity contribution in [2.24, 2.45) is 0 Å². The number of aromatic carboxylic acids is 1. The van der Waals surface area contributed by atoms with Crippen molar-refractivity contribution < 1.29 is 24.1 Å². The summed E-state index contributed by atoms with van der Waals surface area (Å²) in [6.45, 7) is 0. The van der Waals surface area contributed by atoms with Crippen LogP contribution in [0.1, 0.15) is 10.4 Å². The highest BCUT2D eigenvalue weighted by Crippen LogP contribution is 2.34. The van der Waals surface area contributed by atoms with Crippen molar-refractivity contribution in [1.29, 1.82) is 0 Å². The number of aromatic nitrogens is 2. The number of methoxy groups -OCH3 is 2. The summed E-state index contributed by atoms with van der Waals surface area (Å²) in [7, 11) is 2.84. The molecule has 2 aromatic rings. The molecule has 0 bridgehead atoms. The average Bonchev–Trinajstić information content (AvgIpc) is 2.49. The second-order valence-corrected chi connectivity index (χ2v) is 4.19. The fraction of sp³-hybridized carbons (Fsp3) is 0.154. The summed E-state index contributed by atoms with van der Waals surface area (Å²) in [4.78, 5) is 18.8. The third kappa shape index (κ3) is 3.32. The molecule has 0 aliphatic rings. The van der Waals surface area contributed by atoms with Gasteiger partial charge in [-0.3, -0.25) is 0 Å². The summed E-state index contributed by atoms with van der Waals surface area (Å²) >= 11 is 5.94. The molecule has 0 aliphatic heterocycles. The van der Waals surface area contributed by atoms with Gasteiger partial charge in [-0.05, 0) is 18.2 Å². The van der Waals surface area contributed by atoms with Gasteiger partial charge in [-0.25, -0.2) is 9.78 Å². The number of hydrogen-bond donors (Lipinski definition) is 1. The first-order valence-corrected chi connectivity index (χ1v) is 6.08. The normalized spacial score (nSPS) is 10.0. The molecule has 0 aliphatic carbocycles. The summed E-state index contributed by atoms with van der Waals surface area (Å²) < 4.78 is 15.5. The predicted octanol–water partition coefficient (Wildman–Crippen LogP) is 2.64. The third-order valence-electron chi connectivity index (χ3n) is 2.49.